The van der Waals surface area contributed by atoms with Crippen LogP contribution in [0.2, 0.25) is 5.02 Å². The number of aromatic amines is 1. The molecule has 1 saturated carbocycles. The van der Waals surface area contributed by atoms with Crippen molar-refractivity contribution in [2.24, 2.45) is 11.1 Å². The van der Waals surface area contributed by atoms with Crippen molar-refractivity contribution in [3.05, 3.63) is 35.2 Å². The lowest BCUT2D eigenvalue weighted by Crippen LogP contribution is -2.47. The monoisotopic (exact) mass is 400 g/mol. The van der Waals surface area contributed by atoms with E-state index in [0.29, 0.717) is 33.9 Å². The molecule has 1 spiro atoms. The molecule has 1 aliphatic carbocycles. The Labute approximate surface area is 167 Å². The van der Waals surface area contributed by atoms with Crippen LogP contribution in [0.5, 0.6) is 0 Å². The second kappa shape index (κ2) is 6.67. The third-order valence-electron chi connectivity index (χ3n) is 6.53. The van der Waals surface area contributed by atoms with Gasteiger partial charge in [-0.3, -0.25) is 5.10 Å². The Morgan fingerprint density at radius 2 is 2.07 bits per heavy atom. The minimum Gasteiger partial charge on any atom is -0.355 e. The number of benzene rings is 1. The second-order valence-electron chi connectivity index (χ2n) is 7.95. The summed E-state index contributed by atoms with van der Waals surface area (Å²) >= 11 is 6.12. The summed E-state index contributed by atoms with van der Waals surface area (Å²) in [7, 11) is 0. The number of halogens is 2. The van der Waals surface area contributed by atoms with Crippen molar-refractivity contribution in [3.63, 3.8) is 0 Å². The van der Waals surface area contributed by atoms with Gasteiger partial charge in [-0.05, 0) is 37.2 Å². The van der Waals surface area contributed by atoms with Crippen LogP contribution in [0.3, 0.4) is 0 Å². The molecule has 3 N–H and O–H groups in total. The number of nitrogens with one attached hydrogen (secondary N) is 1. The predicted octanol–water partition coefficient (Wildman–Crippen LogP) is 3.91. The van der Waals surface area contributed by atoms with Crippen LogP contribution >= 0.6 is 11.6 Å². The van der Waals surface area contributed by atoms with E-state index in [1.54, 1.807) is 18.3 Å². The Hall–Kier alpha value is -2.25. The number of hydrogen-bond acceptors (Lipinski definition) is 5. The van der Waals surface area contributed by atoms with Gasteiger partial charge in [0, 0.05) is 24.7 Å². The average Bonchev–Trinajstić information content (AvgIpc) is 3.28. The molecule has 5 rings (SSSR count). The molecule has 1 atom stereocenters. The standard InChI is InChI=1S/C20H22ClFN6/c21-16-12(3-1-4-13(16)22)17-18-19(27-26-17)25-15(11-24-18)28-9-7-20(8-10-28)6-2-5-14(20)23/h1,3-4,11,14H,2,5-10,23H2,(H,25,26,27)/t14-/m1/s1. The molecule has 0 unspecified atom stereocenters. The van der Waals surface area contributed by atoms with Crippen LogP contribution in [0.1, 0.15) is 32.1 Å². The third kappa shape index (κ3) is 2.76. The van der Waals surface area contributed by atoms with Crippen molar-refractivity contribution < 1.29 is 4.39 Å². The fourth-order valence-electron chi connectivity index (χ4n) is 4.79. The molecular weight excluding hydrogens is 379 g/mol. The van der Waals surface area contributed by atoms with Gasteiger partial charge in [-0.15, -0.1) is 0 Å². The van der Waals surface area contributed by atoms with Gasteiger partial charge in [0.05, 0.1) is 16.9 Å². The maximum absolute atomic E-state index is 13.8. The number of nitrogens with zero attached hydrogens (tertiary/aromatic N) is 4. The van der Waals surface area contributed by atoms with Crippen LogP contribution in [0, 0.1) is 11.2 Å². The Morgan fingerprint density at radius 1 is 1.25 bits per heavy atom. The second-order valence-corrected chi connectivity index (χ2v) is 8.33. The van der Waals surface area contributed by atoms with Gasteiger partial charge in [-0.25, -0.2) is 14.4 Å². The van der Waals surface area contributed by atoms with E-state index in [1.807, 2.05) is 0 Å². The minimum absolute atomic E-state index is 0.0492. The van der Waals surface area contributed by atoms with Crippen LogP contribution < -0.4 is 10.6 Å². The maximum Gasteiger partial charge on any atom is 0.202 e. The summed E-state index contributed by atoms with van der Waals surface area (Å²) in [6, 6.07) is 5.01. The summed E-state index contributed by atoms with van der Waals surface area (Å²) in [5, 5.41) is 7.24. The molecule has 146 valence electrons. The van der Waals surface area contributed by atoms with Crippen LogP contribution in [0.25, 0.3) is 22.4 Å². The molecule has 3 heterocycles. The normalized spacial score (nSPS) is 21.7. The van der Waals surface area contributed by atoms with Gasteiger partial charge in [0.2, 0.25) is 5.65 Å². The highest BCUT2D eigenvalue weighted by Crippen LogP contribution is 2.46. The van der Waals surface area contributed by atoms with Crippen molar-refractivity contribution >= 4 is 28.6 Å². The molecule has 2 aromatic heterocycles. The highest BCUT2D eigenvalue weighted by molar-refractivity contribution is 6.33. The van der Waals surface area contributed by atoms with Crippen LogP contribution in [-0.2, 0) is 0 Å². The molecule has 1 saturated heterocycles. The SMILES string of the molecule is N[C@@H]1CCCC12CCN(c1cnc3c(-c4cccc(F)c4Cl)[nH]nc3n1)CC2. The summed E-state index contributed by atoms with van der Waals surface area (Å²) < 4.78 is 13.8. The zero-order chi connectivity index (χ0) is 19.3. The number of piperidine rings is 1. The van der Waals surface area contributed by atoms with Crippen molar-refractivity contribution in [3.8, 4) is 11.3 Å². The quantitative estimate of drug-likeness (QED) is 0.681. The third-order valence-corrected chi connectivity index (χ3v) is 6.92. The number of fused-ring (bicyclic) bond motifs is 1. The molecular formula is C20H22ClFN6. The van der Waals surface area contributed by atoms with E-state index in [-0.39, 0.29) is 5.02 Å². The molecule has 0 bridgehead atoms. The summed E-state index contributed by atoms with van der Waals surface area (Å²) in [6.07, 6.45) is 7.58. The largest absolute Gasteiger partial charge is 0.355 e. The molecule has 0 radical (unpaired) electrons. The lowest BCUT2D eigenvalue weighted by molar-refractivity contribution is 0.197. The summed E-state index contributed by atoms with van der Waals surface area (Å²) in [4.78, 5) is 11.5. The van der Waals surface area contributed by atoms with Gasteiger partial charge < -0.3 is 10.6 Å². The van der Waals surface area contributed by atoms with Crippen LogP contribution in [0.4, 0.5) is 10.2 Å². The van der Waals surface area contributed by atoms with Crippen molar-refractivity contribution in [1.29, 1.82) is 0 Å². The van der Waals surface area contributed by atoms with E-state index in [0.717, 1.165) is 38.2 Å². The number of hydrogen-bond donors (Lipinski definition) is 2. The molecule has 2 fully saturated rings. The first-order valence-electron chi connectivity index (χ1n) is 9.73. The Bertz CT molecular complexity index is 1030. The Kier molecular flexibility index (Phi) is 4.25. The Morgan fingerprint density at radius 3 is 2.82 bits per heavy atom. The van der Waals surface area contributed by atoms with Gasteiger partial charge in [-0.1, -0.05) is 30.2 Å². The lowest BCUT2D eigenvalue weighted by Gasteiger charge is -2.42. The molecule has 8 heteroatoms. The highest BCUT2D eigenvalue weighted by Gasteiger charge is 2.43. The fourth-order valence-corrected chi connectivity index (χ4v) is 5.01. The van der Waals surface area contributed by atoms with Crippen LogP contribution in [-0.4, -0.2) is 39.3 Å². The number of nitrogens with two attached hydrogens (primary N) is 1. The molecule has 3 aromatic rings. The first-order chi connectivity index (χ1) is 13.6. The molecule has 1 aliphatic heterocycles. The maximum atomic E-state index is 13.8. The van der Waals surface area contributed by atoms with Crippen LogP contribution in [0.15, 0.2) is 24.4 Å². The van der Waals surface area contributed by atoms with Gasteiger partial charge in [0.15, 0.2) is 0 Å². The number of rotatable bonds is 2. The summed E-state index contributed by atoms with van der Waals surface area (Å²) in [5.74, 6) is 0.344. The molecule has 6 nitrogen and oxygen atoms in total. The van der Waals surface area contributed by atoms with Gasteiger partial charge in [0.25, 0.3) is 0 Å². The topological polar surface area (TPSA) is 83.7 Å². The molecule has 1 aromatic carbocycles. The average molecular weight is 401 g/mol. The zero-order valence-corrected chi connectivity index (χ0v) is 16.2. The van der Waals surface area contributed by atoms with Crippen molar-refractivity contribution in [2.45, 2.75) is 38.1 Å². The van der Waals surface area contributed by atoms with E-state index in [9.17, 15) is 4.39 Å². The first-order valence-corrected chi connectivity index (χ1v) is 10.1. The zero-order valence-electron chi connectivity index (χ0n) is 15.5. The predicted molar refractivity (Wildman–Crippen MR) is 108 cm³/mol. The molecule has 2 aliphatic rings. The first kappa shape index (κ1) is 17.8. The fraction of sp³-hybridized carbons (Fsp3) is 0.450. The van der Waals surface area contributed by atoms with Gasteiger partial charge in [0.1, 0.15) is 17.2 Å². The lowest BCUT2D eigenvalue weighted by atomic mass is 9.74. The van der Waals surface area contributed by atoms with E-state index in [2.05, 4.69) is 25.1 Å². The minimum atomic E-state index is -0.473. The Balaban J connectivity index is 1.42. The molecule has 0 amide bonds. The number of aromatic nitrogens is 4. The van der Waals surface area contributed by atoms with Crippen molar-refractivity contribution in [1.82, 2.24) is 20.2 Å². The molecule has 28 heavy (non-hydrogen) atoms. The van der Waals surface area contributed by atoms with Crippen molar-refractivity contribution in [2.75, 3.05) is 18.0 Å². The number of H-pyrrole nitrogens is 1. The highest BCUT2D eigenvalue weighted by atomic mass is 35.5. The van der Waals surface area contributed by atoms with Gasteiger partial charge >= 0.3 is 0 Å². The van der Waals surface area contributed by atoms with Gasteiger partial charge in [-0.2, -0.15) is 5.10 Å². The van der Waals surface area contributed by atoms with E-state index in [4.69, 9.17) is 17.3 Å². The number of anilines is 1. The van der Waals surface area contributed by atoms with E-state index < -0.39 is 5.82 Å². The van der Waals surface area contributed by atoms with E-state index >= 15 is 0 Å². The van der Waals surface area contributed by atoms with E-state index in [1.165, 1.54) is 18.9 Å². The smallest absolute Gasteiger partial charge is 0.202 e. The summed E-state index contributed by atoms with van der Waals surface area (Å²) in [5.41, 5.74) is 8.89. The summed E-state index contributed by atoms with van der Waals surface area (Å²) in [6.45, 7) is 1.86.